The number of nitrogens with two attached hydrogens (primary N) is 1. The van der Waals surface area contributed by atoms with Crippen LogP contribution in [0.15, 0.2) is 0 Å². The fraction of sp³-hybridized carbons (Fsp3) is 0.889. The Labute approximate surface area is 91.4 Å². The van der Waals surface area contributed by atoms with E-state index >= 15 is 0 Å². The van der Waals surface area contributed by atoms with Crippen LogP contribution < -0.4 is 16.4 Å². The molecule has 84 valence electrons. The van der Waals surface area contributed by atoms with Crippen molar-refractivity contribution >= 4 is 18.3 Å². The number of hydrogen-bond donors (Lipinski definition) is 3. The lowest BCUT2D eigenvalue weighted by molar-refractivity contribution is -0.122. The zero-order chi connectivity index (χ0) is 9.68. The van der Waals surface area contributed by atoms with Gasteiger partial charge in [0.15, 0.2) is 0 Å². The summed E-state index contributed by atoms with van der Waals surface area (Å²) in [6.07, 6.45) is 2.50. The van der Waals surface area contributed by atoms with Crippen LogP contribution in [0.5, 0.6) is 0 Å². The largest absolute Gasteiger partial charge is 0.353 e. The lowest BCUT2D eigenvalue weighted by atomic mass is 10.1. The Morgan fingerprint density at radius 2 is 2.14 bits per heavy atom. The molecule has 1 saturated heterocycles. The van der Waals surface area contributed by atoms with Crippen molar-refractivity contribution < 1.29 is 4.79 Å². The van der Waals surface area contributed by atoms with Gasteiger partial charge in [-0.05, 0) is 32.9 Å². The van der Waals surface area contributed by atoms with Crippen molar-refractivity contribution in [2.75, 3.05) is 13.1 Å². The average Bonchev–Trinajstić information content (AvgIpc) is 2.04. The van der Waals surface area contributed by atoms with E-state index in [1.54, 1.807) is 0 Å². The quantitative estimate of drug-likeness (QED) is 0.629. The first-order valence-corrected chi connectivity index (χ1v) is 4.94. The predicted octanol–water partition coefficient (Wildman–Crippen LogP) is 0.0137. The Kier molecular flexibility index (Phi) is 6.87. The Balaban J connectivity index is 0.00000169. The third-order valence-electron chi connectivity index (χ3n) is 2.21. The number of halogens is 1. The second-order valence-corrected chi connectivity index (χ2v) is 3.77. The summed E-state index contributed by atoms with van der Waals surface area (Å²) in [7, 11) is 0. The van der Waals surface area contributed by atoms with Crippen LogP contribution in [-0.2, 0) is 4.79 Å². The summed E-state index contributed by atoms with van der Waals surface area (Å²) in [5.74, 6) is 0.0851. The second kappa shape index (κ2) is 7.04. The van der Waals surface area contributed by atoms with Gasteiger partial charge in [-0.3, -0.25) is 4.79 Å². The van der Waals surface area contributed by atoms with Gasteiger partial charge in [-0.1, -0.05) is 0 Å². The zero-order valence-corrected chi connectivity index (χ0v) is 9.40. The number of piperidine rings is 1. The van der Waals surface area contributed by atoms with Crippen molar-refractivity contribution in [3.05, 3.63) is 0 Å². The maximum atomic E-state index is 11.3. The van der Waals surface area contributed by atoms with Gasteiger partial charge in [-0.2, -0.15) is 0 Å². The maximum Gasteiger partial charge on any atom is 0.221 e. The molecule has 0 aromatic rings. The molecular weight excluding hydrogens is 202 g/mol. The number of hydrogen-bond acceptors (Lipinski definition) is 3. The first kappa shape index (κ1) is 13.7. The molecule has 1 atom stereocenters. The third-order valence-corrected chi connectivity index (χ3v) is 2.21. The van der Waals surface area contributed by atoms with Crippen molar-refractivity contribution in [3.63, 3.8) is 0 Å². The number of amides is 1. The number of nitrogens with one attached hydrogen (secondary N) is 2. The molecule has 0 saturated carbocycles. The average molecular weight is 222 g/mol. The van der Waals surface area contributed by atoms with Gasteiger partial charge in [0.05, 0.1) is 0 Å². The molecule has 1 heterocycles. The molecule has 1 amide bonds. The van der Waals surface area contributed by atoms with Gasteiger partial charge in [0.25, 0.3) is 0 Å². The van der Waals surface area contributed by atoms with Crippen molar-refractivity contribution in [2.45, 2.75) is 38.3 Å². The molecule has 1 aliphatic rings. The molecule has 0 aliphatic carbocycles. The van der Waals surface area contributed by atoms with E-state index in [2.05, 4.69) is 10.6 Å². The van der Waals surface area contributed by atoms with Crippen molar-refractivity contribution in [3.8, 4) is 0 Å². The van der Waals surface area contributed by atoms with E-state index in [9.17, 15) is 4.79 Å². The highest BCUT2D eigenvalue weighted by Gasteiger charge is 2.15. The highest BCUT2D eigenvalue weighted by molar-refractivity contribution is 5.85. The van der Waals surface area contributed by atoms with Crippen LogP contribution in [0.2, 0.25) is 0 Å². The molecule has 4 nitrogen and oxygen atoms in total. The lowest BCUT2D eigenvalue weighted by Crippen LogP contribution is -2.43. The molecule has 0 spiro atoms. The normalized spacial score (nSPS) is 19.6. The van der Waals surface area contributed by atoms with E-state index in [4.69, 9.17) is 5.73 Å². The maximum absolute atomic E-state index is 11.3. The Hall–Kier alpha value is -0.320. The van der Waals surface area contributed by atoms with Gasteiger partial charge >= 0.3 is 0 Å². The molecule has 4 N–H and O–H groups in total. The monoisotopic (exact) mass is 221 g/mol. The first-order chi connectivity index (χ1) is 6.18. The number of rotatable bonds is 3. The molecule has 5 heteroatoms. The van der Waals surface area contributed by atoms with Crippen LogP contribution >= 0.6 is 12.4 Å². The summed E-state index contributed by atoms with van der Waals surface area (Å²) in [5, 5.41) is 6.24. The van der Waals surface area contributed by atoms with Crippen LogP contribution in [-0.4, -0.2) is 31.1 Å². The van der Waals surface area contributed by atoms with Crippen LogP contribution in [0.1, 0.15) is 26.2 Å². The van der Waals surface area contributed by atoms with E-state index in [0.717, 1.165) is 25.9 Å². The fourth-order valence-corrected chi connectivity index (χ4v) is 1.55. The highest BCUT2D eigenvalue weighted by Crippen LogP contribution is 2.02. The second-order valence-electron chi connectivity index (χ2n) is 3.77. The minimum Gasteiger partial charge on any atom is -0.353 e. The van der Waals surface area contributed by atoms with Crippen LogP contribution in [0.25, 0.3) is 0 Å². The molecule has 1 aliphatic heterocycles. The van der Waals surface area contributed by atoms with Crippen LogP contribution in [0, 0.1) is 0 Å². The molecular formula is C9H20ClN3O. The molecule has 1 fully saturated rings. The number of carbonyl (C=O) groups excluding carboxylic acids is 1. The van der Waals surface area contributed by atoms with Gasteiger partial charge in [-0.15, -0.1) is 12.4 Å². The van der Waals surface area contributed by atoms with E-state index < -0.39 is 0 Å². The summed E-state index contributed by atoms with van der Waals surface area (Å²) >= 11 is 0. The summed E-state index contributed by atoms with van der Waals surface area (Å²) in [5.41, 5.74) is 5.53. The van der Waals surface area contributed by atoms with Gasteiger partial charge in [0.1, 0.15) is 0 Å². The van der Waals surface area contributed by atoms with Gasteiger partial charge in [0.2, 0.25) is 5.91 Å². The van der Waals surface area contributed by atoms with Gasteiger partial charge < -0.3 is 16.4 Å². The highest BCUT2D eigenvalue weighted by atomic mass is 35.5. The number of carbonyl (C=O) groups is 1. The van der Waals surface area contributed by atoms with E-state index in [-0.39, 0.29) is 24.4 Å². The minimum atomic E-state index is -0.0401. The van der Waals surface area contributed by atoms with E-state index in [1.807, 2.05) is 6.92 Å². The first-order valence-electron chi connectivity index (χ1n) is 4.94. The Bertz CT molecular complexity index is 169. The lowest BCUT2D eigenvalue weighted by Gasteiger charge is -2.23. The summed E-state index contributed by atoms with van der Waals surface area (Å²) in [6.45, 7) is 3.86. The SMILES string of the molecule is CC(N)CC(=O)NC1CCNCC1.Cl. The standard InChI is InChI=1S/C9H19N3O.ClH/c1-7(10)6-9(13)12-8-2-4-11-5-3-8;/h7-8,11H,2-6,10H2,1H3,(H,12,13);1H. The molecule has 1 rings (SSSR count). The van der Waals surface area contributed by atoms with E-state index in [1.165, 1.54) is 0 Å². The minimum absolute atomic E-state index is 0. The molecule has 0 radical (unpaired) electrons. The molecule has 14 heavy (non-hydrogen) atoms. The van der Waals surface area contributed by atoms with Crippen LogP contribution in [0.3, 0.4) is 0 Å². The van der Waals surface area contributed by atoms with E-state index in [0.29, 0.717) is 12.5 Å². The van der Waals surface area contributed by atoms with Crippen LogP contribution in [0.4, 0.5) is 0 Å². The summed E-state index contributed by atoms with van der Waals surface area (Å²) in [4.78, 5) is 11.3. The van der Waals surface area contributed by atoms with Crippen molar-refractivity contribution in [1.82, 2.24) is 10.6 Å². The Morgan fingerprint density at radius 1 is 1.57 bits per heavy atom. The molecule has 0 bridgehead atoms. The predicted molar refractivity (Wildman–Crippen MR) is 59.5 cm³/mol. The smallest absolute Gasteiger partial charge is 0.221 e. The van der Waals surface area contributed by atoms with Gasteiger partial charge in [0, 0.05) is 18.5 Å². The molecule has 0 aromatic carbocycles. The molecule has 0 aromatic heterocycles. The Morgan fingerprint density at radius 3 is 2.64 bits per heavy atom. The van der Waals surface area contributed by atoms with Crippen molar-refractivity contribution in [1.29, 1.82) is 0 Å². The topological polar surface area (TPSA) is 67.2 Å². The summed E-state index contributed by atoms with van der Waals surface area (Å²) < 4.78 is 0. The van der Waals surface area contributed by atoms with Crippen molar-refractivity contribution in [2.24, 2.45) is 5.73 Å². The summed E-state index contributed by atoms with van der Waals surface area (Å²) in [6, 6.07) is 0.314. The zero-order valence-electron chi connectivity index (χ0n) is 8.58. The fourth-order valence-electron chi connectivity index (χ4n) is 1.55. The third kappa shape index (κ3) is 5.42. The molecule has 1 unspecified atom stereocenters. The van der Waals surface area contributed by atoms with Gasteiger partial charge in [-0.25, -0.2) is 0 Å².